The number of hydrogen-bond donors (Lipinski definition) is 9. The fourth-order valence-electron chi connectivity index (χ4n) is 13.5. The molecule has 0 aromatic rings. The molecule has 0 spiro atoms. The van der Waals surface area contributed by atoms with Gasteiger partial charge >= 0.3 is 0 Å². The Morgan fingerprint density at radius 1 is 0.376 bits per heavy atom. The van der Waals surface area contributed by atoms with Gasteiger partial charge in [-0.15, -0.1) is 0 Å². The lowest BCUT2D eigenvalue weighted by Gasteiger charge is -2.46. The summed E-state index contributed by atoms with van der Waals surface area (Å²) in [4.78, 5) is 13.4. The smallest absolute Gasteiger partial charge is 0.220 e. The highest BCUT2D eigenvalue weighted by atomic mass is 16.7. The summed E-state index contributed by atoms with van der Waals surface area (Å²) < 4.78 is 22.9. The Morgan fingerprint density at radius 2 is 0.677 bits per heavy atom. The van der Waals surface area contributed by atoms with Crippen molar-refractivity contribution in [3.8, 4) is 0 Å². The maximum absolute atomic E-state index is 13.4. The monoisotopic (exact) mass is 1320 g/mol. The van der Waals surface area contributed by atoms with Crippen LogP contribution in [0.3, 0.4) is 0 Å². The first-order chi connectivity index (χ1) is 45.6. The highest BCUT2D eigenvalue weighted by Gasteiger charge is 2.51. The fraction of sp³-hybridized carbons (Fsp3) is 0.937. The number of hydrogen-bond acceptors (Lipinski definition) is 13. The van der Waals surface area contributed by atoms with Crippen molar-refractivity contribution < 1.29 is 64.6 Å². The highest BCUT2D eigenvalue weighted by Crippen LogP contribution is 2.30. The van der Waals surface area contributed by atoms with Gasteiger partial charge in [0.15, 0.2) is 12.6 Å². The number of carbonyl (C=O) groups is 1. The number of rotatable bonds is 68. The number of nitrogens with one attached hydrogen (secondary N) is 1. The van der Waals surface area contributed by atoms with E-state index >= 15 is 0 Å². The lowest BCUT2D eigenvalue weighted by molar-refractivity contribution is -0.359. The van der Waals surface area contributed by atoms with Gasteiger partial charge in [0.1, 0.15) is 48.8 Å². The van der Waals surface area contributed by atoms with Gasteiger partial charge in [0, 0.05) is 6.42 Å². The molecule has 2 heterocycles. The molecule has 0 saturated carbocycles. The van der Waals surface area contributed by atoms with Gasteiger partial charge in [-0.05, 0) is 44.9 Å². The van der Waals surface area contributed by atoms with Crippen molar-refractivity contribution in [1.82, 2.24) is 5.32 Å². The maximum Gasteiger partial charge on any atom is 0.220 e. The number of aliphatic hydroxyl groups excluding tert-OH is 8. The summed E-state index contributed by atoms with van der Waals surface area (Å²) >= 11 is 0. The van der Waals surface area contributed by atoms with Crippen LogP contribution in [-0.2, 0) is 23.7 Å². The first-order valence-electron chi connectivity index (χ1n) is 40.1. The zero-order valence-corrected chi connectivity index (χ0v) is 60.3. The molecule has 2 saturated heterocycles. The van der Waals surface area contributed by atoms with Gasteiger partial charge in [-0.2, -0.15) is 0 Å². The minimum atomic E-state index is -1.79. The molecule has 12 unspecified atom stereocenters. The molecule has 2 aliphatic heterocycles. The van der Waals surface area contributed by atoms with Crippen LogP contribution in [0, 0.1) is 0 Å². The highest BCUT2D eigenvalue weighted by molar-refractivity contribution is 5.76. The number of allylic oxidation sites excluding steroid dienone is 3. The van der Waals surface area contributed by atoms with Crippen LogP contribution in [0.25, 0.3) is 0 Å². The number of ether oxygens (including phenoxy) is 4. The number of unbranched alkanes of at least 4 members (excludes halogenated alkanes) is 53. The van der Waals surface area contributed by atoms with Gasteiger partial charge in [0.2, 0.25) is 5.91 Å². The van der Waals surface area contributed by atoms with E-state index in [1.54, 1.807) is 6.08 Å². The SMILES string of the molecule is CCCCCCCCCC/C=C\CCCCCCCCCCCCCCCCCCCCCCCC(=O)NC(COC1OC(CO)C(OC2OC(CO)C(O)C(O)C2O)C(O)C1O)C(O)/C=C/CCCCCCCCCCCCCCCCCCCCCCCCCC. The van der Waals surface area contributed by atoms with Crippen LogP contribution in [0.15, 0.2) is 24.3 Å². The van der Waals surface area contributed by atoms with Crippen LogP contribution >= 0.6 is 0 Å². The van der Waals surface area contributed by atoms with E-state index in [1.165, 1.54) is 315 Å². The van der Waals surface area contributed by atoms with Crippen molar-refractivity contribution in [2.24, 2.45) is 0 Å². The van der Waals surface area contributed by atoms with Crippen molar-refractivity contribution in [2.75, 3.05) is 19.8 Å². The second-order valence-electron chi connectivity index (χ2n) is 28.5. The average molecular weight is 1320 g/mol. The average Bonchev–Trinajstić information content (AvgIpc) is 0.852. The van der Waals surface area contributed by atoms with E-state index in [4.69, 9.17) is 18.9 Å². The van der Waals surface area contributed by atoms with Crippen LogP contribution in [0.1, 0.15) is 380 Å². The van der Waals surface area contributed by atoms with Gasteiger partial charge in [-0.1, -0.05) is 353 Å². The molecule has 12 atom stereocenters. The molecule has 2 fully saturated rings. The summed E-state index contributed by atoms with van der Waals surface area (Å²) in [5, 5.41) is 87.7. The predicted molar refractivity (Wildman–Crippen MR) is 383 cm³/mol. The Labute approximate surface area is 570 Å². The lowest BCUT2D eigenvalue weighted by Crippen LogP contribution is -2.65. The number of amides is 1. The largest absolute Gasteiger partial charge is 0.394 e. The van der Waals surface area contributed by atoms with Crippen molar-refractivity contribution in [3.05, 3.63) is 24.3 Å². The minimum Gasteiger partial charge on any atom is -0.394 e. The first kappa shape index (κ1) is 87.6. The first-order valence-corrected chi connectivity index (χ1v) is 40.1. The minimum absolute atomic E-state index is 0.230. The third-order valence-corrected chi connectivity index (χ3v) is 19.9. The van der Waals surface area contributed by atoms with Gasteiger partial charge in [0.05, 0.1) is 32.0 Å². The molecular formula is C79H151NO13. The number of aliphatic hydroxyl groups is 8. The quantitative estimate of drug-likeness (QED) is 0.0204. The van der Waals surface area contributed by atoms with E-state index in [9.17, 15) is 45.6 Å². The van der Waals surface area contributed by atoms with Gasteiger partial charge in [-0.3, -0.25) is 4.79 Å². The predicted octanol–water partition coefficient (Wildman–Crippen LogP) is 17.9. The zero-order valence-electron chi connectivity index (χ0n) is 60.3. The van der Waals surface area contributed by atoms with E-state index in [2.05, 4.69) is 31.3 Å². The Bertz CT molecular complexity index is 1650. The Hall–Kier alpha value is -1.53. The van der Waals surface area contributed by atoms with Crippen molar-refractivity contribution in [1.29, 1.82) is 0 Å². The van der Waals surface area contributed by atoms with Crippen LogP contribution in [0.2, 0.25) is 0 Å². The van der Waals surface area contributed by atoms with E-state index in [0.717, 1.165) is 38.5 Å². The fourth-order valence-corrected chi connectivity index (χ4v) is 13.5. The molecule has 93 heavy (non-hydrogen) atoms. The molecule has 550 valence electrons. The molecule has 0 aliphatic carbocycles. The van der Waals surface area contributed by atoms with Gasteiger partial charge < -0.3 is 65.1 Å². The third kappa shape index (κ3) is 47.2. The van der Waals surface area contributed by atoms with Crippen molar-refractivity contribution in [3.63, 3.8) is 0 Å². The zero-order chi connectivity index (χ0) is 67.3. The van der Waals surface area contributed by atoms with Gasteiger partial charge in [-0.25, -0.2) is 0 Å². The standard InChI is InChI=1S/C79H151NO13/c1-3-5-7-9-11-13-15-17-19-21-23-25-27-29-31-32-33-34-35-36-37-39-41-43-45-47-49-51-53-55-57-59-61-63-71(84)80-67(66-90-78-76(89)74(87)77(70(65-82)92-78)93-79-75(88)73(86)72(85)69(64-81)91-79)68(83)62-60-58-56-54-52-50-48-46-44-42-40-38-30-28-26-24-22-20-18-16-14-12-10-8-6-4-2/h21,23,60,62,67-70,72-79,81-83,85-89H,3-20,22,24-59,61,63-66H2,1-2H3,(H,80,84)/b23-21-,62-60+. The number of carbonyl (C=O) groups excluding carboxylic acids is 1. The summed E-state index contributed by atoms with van der Waals surface area (Å²) in [6, 6.07) is -0.914. The molecule has 2 rings (SSSR count). The summed E-state index contributed by atoms with van der Waals surface area (Å²) in [5.41, 5.74) is 0. The molecule has 2 aliphatic rings. The summed E-state index contributed by atoms with van der Waals surface area (Å²) in [6.45, 7) is 2.87. The molecule has 14 heteroatoms. The second-order valence-corrected chi connectivity index (χ2v) is 28.5. The van der Waals surface area contributed by atoms with Crippen LogP contribution in [0.4, 0.5) is 0 Å². The van der Waals surface area contributed by atoms with Crippen molar-refractivity contribution in [2.45, 2.75) is 453 Å². The topological polar surface area (TPSA) is 228 Å². The molecule has 14 nitrogen and oxygen atoms in total. The van der Waals surface area contributed by atoms with E-state index in [-0.39, 0.29) is 18.9 Å². The second kappa shape index (κ2) is 63.9. The van der Waals surface area contributed by atoms with Crippen LogP contribution in [-0.4, -0.2) is 140 Å². The maximum atomic E-state index is 13.4. The van der Waals surface area contributed by atoms with E-state index in [1.807, 2.05) is 6.08 Å². The molecule has 0 bridgehead atoms. The lowest BCUT2D eigenvalue weighted by atomic mass is 9.97. The molecule has 9 N–H and O–H groups in total. The van der Waals surface area contributed by atoms with Gasteiger partial charge in [0.25, 0.3) is 0 Å². The van der Waals surface area contributed by atoms with Crippen molar-refractivity contribution >= 4 is 5.91 Å². The molecular weight excluding hydrogens is 1170 g/mol. The summed E-state index contributed by atoms with van der Waals surface area (Å²) in [6.07, 6.45) is 65.5. The Balaban J connectivity index is 1.61. The molecule has 0 aromatic carbocycles. The van der Waals surface area contributed by atoms with E-state index in [0.29, 0.717) is 6.42 Å². The Morgan fingerprint density at radius 3 is 1.02 bits per heavy atom. The summed E-state index contributed by atoms with van der Waals surface area (Å²) in [7, 11) is 0. The molecule has 0 radical (unpaired) electrons. The normalized spacial score (nSPS) is 22.6. The molecule has 1 amide bonds. The van der Waals surface area contributed by atoms with E-state index < -0.39 is 86.8 Å². The Kier molecular flexibility index (Phi) is 60.1. The molecule has 0 aromatic heterocycles. The third-order valence-electron chi connectivity index (χ3n) is 19.9. The van der Waals surface area contributed by atoms with Crippen LogP contribution in [0.5, 0.6) is 0 Å². The summed E-state index contributed by atoms with van der Waals surface area (Å²) in [5.74, 6) is -0.230. The van der Waals surface area contributed by atoms with Crippen LogP contribution < -0.4 is 5.32 Å².